The summed E-state index contributed by atoms with van der Waals surface area (Å²) < 4.78 is 34.0. The average molecular weight is 370 g/mol. The third-order valence-electron chi connectivity index (χ3n) is 3.10. The highest BCUT2D eigenvalue weighted by atomic mass is 16.6. The Balaban J connectivity index is 1.65. The van der Waals surface area contributed by atoms with Gasteiger partial charge in [0.05, 0.1) is 79.0 Å². The molecule has 0 saturated carbocycles. The number of hydrogen-bond donors (Lipinski definition) is 0. The highest BCUT2D eigenvalue weighted by Gasteiger charge is 1.94. The number of hydrogen-bond acceptors (Lipinski definition) is 7. The average Bonchev–Trinajstić information content (AvgIpc) is 3.17. The molecule has 8 heteroatoms. The second-order valence-corrected chi connectivity index (χ2v) is 5.12. The van der Waals surface area contributed by atoms with Crippen molar-refractivity contribution in [1.82, 2.24) is 9.55 Å². The Morgan fingerprint density at radius 3 is 1.58 bits per heavy atom. The first kappa shape index (κ1) is 22.6. The minimum atomic E-state index is 0.320. The maximum atomic E-state index is 5.46. The van der Waals surface area contributed by atoms with Gasteiger partial charge in [-0.1, -0.05) is 5.92 Å². The van der Waals surface area contributed by atoms with Crippen molar-refractivity contribution in [2.24, 2.45) is 0 Å². The summed E-state index contributed by atoms with van der Waals surface area (Å²) in [5.74, 6) is 2.39. The number of ether oxygens (including phenoxy) is 6. The Labute approximate surface area is 155 Å². The van der Waals surface area contributed by atoms with Crippen LogP contribution in [0, 0.1) is 12.3 Å². The maximum absolute atomic E-state index is 5.46. The van der Waals surface area contributed by atoms with Gasteiger partial charge in [0.15, 0.2) is 0 Å². The standard InChI is InChI=1S/C18H30N2O6/c1-2-6-21-8-10-23-12-14-25-16-17-26-15-13-24-11-9-22-7-5-20-4-3-19-18-20/h1,3-4,18H,5-17H2. The van der Waals surface area contributed by atoms with Gasteiger partial charge in [0.2, 0.25) is 0 Å². The van der Waals surface area contributed by atoms with Crippen molar-refractivity contribution in [1.29, 1.82) is 0 Å². The molecule has 0 fully saturated rings. The molecule has 1 rings (SSSR count). The van der Waals surface area contributed by atoms with Crippen LogP contribution in [-0.4, -0.2) is 88.8 Å². The Kier molecular flexibility index (Phi) is 15.9. The quantitative estimate of drug-likeness (QED) is 0.261. The fourth-order valence-electron chi connectivity index (χ4n) is 1.82. The molecule has 1 aromatic heterocycles. The monoisotopic (exact) mass is 370 g/mol. The fraction of sp³-hybridized carbons (Fsp3) is 0.722. The third-order valence-corrected chi connectivity index (χ3v) is 3.10. The molecule has 0 saturated heterocycles. The molecule has 148 valence electrons. The van der Waals surface area contributed by atoms with E-state index in [-0.39, 0.29) is 0 Å². The summed E-state index contributed by atoms with van der Waals surface area (Å²) in [6.07, 6.45) is 10.5. The predicted octanol–water partition coefficient (Wildman–Crippen LogP) is 0.616. The highest BCUT2D eigenvalue weighted by Crippen LogP contribution is 1.87. The van der Waals surface area contributed by atoms with Crippen molar-refractivity contribution in [3.05, 3.63) is 18.7 Å². The summed E-state index contributed by atoms with van der Waals surface area (Å²) in [7, 11) is 0. The van der Waals surface area contributed by atoms with Gasteiger partial charge in [-0.05, 0) is 0 Å². The lowest BCUT2D eigenvalue weighted by Crippen LogP contribution is -2.14. The lowest BCUT2D eigenvalue weighted by Gasteiger charge is -2.08. The van der Waals surface area contributed by atoms with Gasteiger partial charge in [-0.2, -0.15) is 0 Å². The van der Waals surface area contributed by atoms with Crippen molar-refractivity contribution in [3.63, 3.8) is 0 Å². The lowest BCUT2D eigenvalue weighted by molar-refractivity contribution is -0.0158. The molecule has 0 atom stereocenters. The van der Waals surface area contributed by atoms with Crippen molar-refractivity contribution in [2.75, 3.05) is 79.3 Å². The van der Waals surface area contributed by atoms with Gasteiger partial charge in [0, 0.05) is 18.9 Å². The molecule has 0 aliphatic heterocycles. The van der Waals surface area contributed by atoms with Crippen LogP contribution in [0.2, 0.25) is 0 Å². The molecule has 1 heterocycles. The van der Waals surface area contributed by atoms with Gasteiger partial charge in [0.1, 0.15) is 6.61 Å². The Bertz CT molecular complexity index is 435. The molecule has 0 unspecified atom stereocenters. The molecule has 0 aliphatic rings. The molecular formula is C18H30N2O6. The Morgan fingerprint density at radius 1 is 0.692 bits per heavy atom. The molecule has 0 aliphatic carbocycles. The second-order valence-electron chi connectivity index (χ2n) is 5.12. The SMILES string of the molecule is C#CCOCCOCCOCCOCCOCCOCCn1ccnc1. The summed E-state index contributed by atoms with van der Waals surface area (Å²) >= 11 is 0. The van der Waals surface area contributed by atoms with Gasteiger partial charge in [-0.3, -0.25) is 0 Å². The first-order chi connectivity index (χ1) is 12.9. The van der Waals surface area contributed by atoms with Crippen molar-refractivity contribution in [3.8, 4) is 12.3 Å². The summed E-state index contributed by atoms with van der Waals surface area (Å²) in [6.45, 7) is 7.15. The van der Waals surface area contributed by atoms with Crippen LogP contribution in [0.15, 0.2) is 18.7 Å². The second kappa shape index (κ2) is 18.3. The number of terminal acetylenes is 1. The predicted molar refractivity (Wildman–Crippen MR) is 96.0 cm³/mol. The zero-order chi connectivity index (χ0) is 18.5. The Morgan fingerprint density at radius 2 is 1.15 bits per heavy atom. The molecule has 0 bridgehead atoms. The molecule has 1 aromatic rings. The van der Waals surface area contributed by atoms with Crippen LogP contribution in [0.25, 0.3) is 0 Å². The minimum absolute atomic E-state index is 0.320. The van der Waals surface area contributed by atoms with Crippen LogP contribution >= 0.6 is 0 Å². The zero-order valence-corrected chi connectivity index (χ0v) is 15.3. The molecule has 8 nitrogen and oxygen atoms in total. The van der Waals surface area contributed by atoms with Crippen molar-refractivity contribution >= 4 is 0 Å². The third kappa shape index (κ3) is 14.8. The lowest BCUT2D eigenvalue weighted by atomic mass is 10.6. The summed E-state index contributed by atoms with van der Waals surface area (Å²) in [6, 6.07) is 0. The van der Waals surface area contributed by atoms with E-state index in [4.69, 9.17) is 34.8 Å². The smallest absolute Gasteiger partial charge is 0.107 e. The van der Waals surface area contributed by atoms with Gasteiger partial charge >= 0.3 is 0 Å². The van der Waals surface area contributed by atoms with E-state index in [2.05, 4.69) is 10.9 Å². The topological polar surface area (TPSA) is 73.2 Å². The molecule has 26 heavy (non-hydrogen) atoms. The summed E-state index contributed by atoms with van der Waals surface area (Å²) in [5.41, 5.74) is 0. The molecule has 0 aromatic carbocycles. The van der Waals surface area contributed by atoms with Crippen LogP contribution in [0.1, 0.15) is 0 Å². The normalized spacial score (nSPS) is 10.9. The van der Waals surface area contributed by atoms with Crippen LogP contribution < -0.4 is 0 Å². The van der Waals surface area contributed by atoms with Crippen LogP contribution in [-0.2, 0) is 35.0 Å². The zero-order valence-electron chi connectivity index (χ0n) is 15.3. The first-order valence-corrected chi connectivity index (χ1v) is 8.79. The largest absolute Gasteiger partial charge is 0.377 e. The fourth-order valence-corrected chi connectivity index (χ4v) is 1.82. The van der Waals surface area contributed by atoms with E-state index in [1.165, 1.54) is 0 Å². The van der Waals surface area contributed by atoms with E-state index < -0.39 is 0 Å². The number of imidazole rings is 1. The molecule has 0 radical (unpaired) electrons. The van der Waals surface area contributed by atoms with E-state index >= 15 is 0 Å². The van der Waals surface area contributed by atoms with Gasteiger partial charge in [-0.25, -0.2) is 4.98 Å². The van der Waals surface area contributed by atoms with Gasteiger partial charge in [0.25, 0.3) is 0 Å². The minimum Gasteiger partial charge on any atom is -0.377 e. The Hall–Kier alpha value is -1.47. The van der Waals surface area contributed by atoms with Crippen LogP contribution in [0.5, 0.6) is 0 Å². The summed E-state index contributed by atoms with van der Waals surface area (Å²) in [4.78, 5) is 3.97. The number of aromatic nitrogens is 2. The summed E-state index contributed by atoms with van der Waals surface area (Å²) in [5, 5.41) is 0. The van der Waals surface area contributed by atoms with Gasteiger partial charge < -0.3 is 33.0 Å². The van der Waals surface area contributed by atoms with E-state index in [0.717, 1.165) is 6.54 Å². The maximum Gasteiger partial charge on any atom is 0.107 e. The number of nitrogens with zero attached hydrogens (tertiary/aromatic N) is 2. The van der Waals surface area contributed by atoms with E-state index in [9.17, 15) is 0 Å². The van der Waals surface area contributed by atoms with E-state index in [0.29, 0.717) is 79.3 Å². The van der Waals surface area contributed by atoms with E-state index in [1.807, 2.05) is 10.8 Å². The molecule has 0 amide bonds. The highest BCUT2D eigenvalue weighted by molar-refractivity contribution is 4.82. The molecule has 0 N–H and O–H groups in total. The number of rotatable bonds is 19. The molecule has 0 spiro atoms. The van der Waals surface area contributed by atoms with Crippen molar-refractivity contribution in [2.45, 2.75) is 6.54 Å². The van der Waals surface area contributed by atoms with Crippen LogP contribution in [0.4, 0.5) is 0 Å². The van der Waals surface area contributed by atoms with E-state index in [1.54, 1.807) is 12.5 Å². The van der Waals surface area contributed by atoms with Gasteiger partial charge in [-0.15, -0.1) is 6.42 Å². The van der Waals surface area contributed by atoms with Crippen molar-refractivity contribution < 1.29 is 28.4 Å². The first-order valence-electron chi connectivity index (χ1n) is 8.79. The molecular weight excluding hydrogens is 340 g/mol. The van der Waals surface area contributed by atoms with Crippen LogP contribution in [0.3, 0.4) is 0 Å².